The lowest BCUT2D eigenvalue weighted by Crippen LogP contribution is -2.58. The normalized spacial score (nSPS) is 59.9. The lowest BCUT2D eigenvalue weighted by molar-refractivity contribution is -0.240. The van der Waals surface area contributed by atoms with E-state index in [4.69, 9.17) is 27.4 Å². The van der Waals surface area contributed by atoms with Gasteiger partial charge in [-0.3, -0.25) is 5.43 Å². The number of ether oxygens (including phenoxy) is 2. The van der Waals surface area contributed by atoms with E-state index in [0.29, 0.717) is 23.7 Å². The Kier molecular flexibility index (Phi) is 1.67. The Balaban J connectivity index is 1.49. The maximum Gasteiger partial charge on any atom is 0.184 e. The number of nitrogens with two attached hydrogens (primary N) is 1. The first-order chi connectivity index (χ1) is 9.74. The van der Waals surface area contributed by atoms with Gasteiger partial charge in [-0.1, -0.05) is 0 Å². The zero-order valence-electron chi connectivity index (χ0n) is 11.0. The second-order valence-electron chi connectivity index (χ2n) is 7.25. The number of rotatable bonds is 1. The van der Waals surface area contributed by atoms with E-state index < -0.39 is 0 Å². The zero-order valence-corrected chi connectivity index (χ0v) is 11.8. The topological polar surface area (TPSA) is 68.9 Å². The van der Waals surface area contributed by atoms with Gasteiger partial charge in [0.15, 0.2) is 10.9 Å². The second-order valence-corrected chi connectivity index (χ2v) is 7.69. The van der Waals surface area contributed by atoms with Gasteiger partial charge in [0.2, 0.25) is 0 Å². The number of thiocarbonyl (C=S) groups is 1. The maximum absolute atomic E-state index is 6.19. The minimum absolute atomic E-state index is 0.255. The van der Waals surface area contributed by atoms with Crippen molar-refractivity contribution in [1.29, 1.82) is 0 Å². The molecule has 5 nitrogen and oxygen atoms in total. The van der Waals surface area contributed by atoms with E-state index in [1.54, 1.807) is 0 Å². The summed E-state index contributed by atoms with van der Waals surface area (Å²) in [4.78, 5) is 0. The molecule has 1 spiro atoms. The summed E-state index contributed by atoms with van der Waals surface area (Å²) in [6, 6.07) is 0. The van der Waals surface area contributed by atoms with E-state index in [9.17, 15) is 0 Å². The van der Waals surface area contributed by atoms with Crippen molar-refractivity contribution in [2.24, 2.45) is 58.2 Å². The van der Waals surface area contributed by atoms with Crippen LogP contribution < -0.4 is 11.2 Å². The third kappa shape index (κ3) is 0.853. The van der Waals surface area contributed by atoms with Gasteiger partial charge in [-0.25, -0.2) is 0 Å². The molecular weight excluding hydrogens is 274 g/mol. The first kappa shape index (κ1) is 10.9. The first-order valence-electron chi connectivity index (χ1n) is 7.65. The zero-order chi connectivity index (χ0) is 13.2. The van der Waals surface area contributed by atoms with Crippen LogP contribution in [0.1, 0.15) is 6.42 Å². The average molecular weight is 291 g/mol. The molecule has 0 radical (unpaired) electrons. The highest BCUT2D eigenvalue weighted by molar-refractivity contribution is 7.80. The highest BCUT2D eigenvalue weighted by Gasteiger charge is 2.88. The third-order valence-corrected chi connectivity index (χ3v) is 7.24. The minimum atomic E-state index is -0.255. The molecule has 6 fully saturated rings. The summed E-state index contributed by atoms with van der Waals surface area (Å²) in [5, 5.41) is 4.85. The Hall–Kier alpha value is -0.720. The predicted octanol–water partition coefficient (Wildman–Crippen LogP) is 0.306. The molecule has 1 heterocycles. The van der Waals surface area contributed by atoms with Crippen LogP contribution in [0.3, 0.4) is 0 Å². The summed E-state index contributed by atoms with van der Waals surface area (Å²) in [5.74, 6) is 5.22. The number of hydrogen-bond donors (Lipinski definition) is 2. The van der Waals surface area contributed by atoms with Crippen LogP contribution in [0.4, 0.5) is 0 Å². The summed E-state index contributed by atoms with van der Waals surface area (Å²) in [6.45, 7) is 1.53. The molecule has 0 aromatic rings. The second kappa shape index (κ2) is 3.05. The molecule has 8 atom stereocenters. The molecule has 3 N–H and O–H groups in total. The standard InChI is InChI=1S/C14H17N3O2S/c15-13(20)17-16-12-8-4-3-5-7-6(4)9(12)11(7)14(10(5)8)18-1-2-19-14/h4-11H,1-3H2,(H3,15,17,20)/b16-12+. The fraction of sp³-hybridized carbons (Fsp3) is 0.857. The van der Waals surface area contributed by atoms with Crippen molar-refractivity contribution in [3.8, 4) is 0 Å². The van der Waals surface area contributed by atoms with Gasteiger partial charge >= 0.3 is 0 Å². The number of nitrogens with zero attached hydrogens (tertiary/aromatic N) is 1. The molecule has 8 unspecified atom stereocenters. The smallest absolute Gasteiger partial charge is 0.184 e. The predicted molar refractivity (Wildman–Crippen MR) is 74.5 cm³/mol. The van der Waals surface area contributed by atoms with E-state index in [0.717, 1.165) is 36.9 Å². The van der Waals surface area contributed by atoms with Gasteiger partial charge in [-0.2, -0.15) is 5.10 Å². The van der Waals surface area contributed by atoms with E-state index >= 15 is 0 Å². The monoisotopic (exact) mass is 291 g/mol. The van der Waals surface area contributed by atoms with Crippen molar-refractivity contribution >= 4 is 23.0 Å². The molecule has 1 aliphatic heterocycles. The van der Waals surface area contributed by atoms with Crippen molar-refractivity contribution in [3.63, 3.8) is 0 Å². The number of nitrogens with one attached hydrogen (secondary N) is 1. The fourth-order valence-corrected chi connectivity index (χ4v) is 7.29. The molecule has 20 heavy (non-hydrogen) atoms. The Bertz CT molecular complexity index is 573. The Morgan fingerprint density at radius 1 is 1.20 bits per heavy atom. The van der Waals surface area contributed by atoms with Gasteiger partial charge in [0.25, 0.3) is 0 Å². The van der Waals surface area contributed by atoms with Crippen LogP contribution in [0.25, 0.3) is 0 Å². The summed E-state index contributed by atoms with van der Waals surface area (Å²) in [7, 11) is 0. The Labute approximate surface area is 122 Å². The van der Waals surface area contributed by atoms with Crippen LogP contribution in [-0.2, 0) is 9.47 Å². The van der Waals surface area contributed by atoms with E-state index in [1.165, 1.54) is 12.1 Å². The third-order valence-electron chi connectivity index (χ3n) is 7.15. The first-order valence-corrected chi connectivity index (χ1v) is 8.06. The summed E-state index contributed by atoms with van der Waals surface area (Å²) < 4.78 is 12.4. The Morgan fingerprint density at radius 3 is 2.75 bits per heavy atom. The molecule has 1 saturated heterocycles. The van der Waals surface area contributed by atoms with Crippen molar-refractivity contribution in [1.82, 2.24) is 5.43 Å². The van der Waals surface area contributed by atoms with Crippen LogP contribution >= 0.6 is 12.2 Å². The van der Waals surface area contributed by atoms with Crippen molar-refractivity contribution in [2.75, 3.05) is 13.2 Å². The summed E-state index contributed by atoms with van der Waals surface area (Å²) >= 11 is 4.89. The SMILES string of the molecule is NC(=S)N/N=C1\C2C3CC4C5C3C1C5C1(OCCO1)C42. The van der Waals surface area contributed by atoms with Crippen molar-refractivity contribution < 1.29 is 9.47 Å². The van der Waals surface area contributed by atoms with Crippen LogP contribution in [0.15, 0.2) is 5.10 Å². The van der Waals surface area contributed by atoms with E-state index in [-0.39, 0.29) is 10.9 Å². The number of hydrazone groups is 1. The molecule has 6 heteroatoms. The molecule has 0 amide bonds. The van der Waals surface area contributed by atoms with Crippen molar-refractivity contribution in [3.05, 3.63) is 0 Å². The molecule has 106 valence electrons. The van der Waals surface area contributed by atoms with Crippen LogP contribution in [0, 0.1) is 47.3 Å². The van der Waals surface area contributed by atoms with Gasteiger partial charge in [0.05, 0.1) is 13.2 Å². The van der Waals surface area contributed by atoms with Crippen molar-refractivity contribution in [2.45, 2.75) is 12.2 Å². The fourth-order valence-electron chi connectivity index (χ4n) is 7.24. The molecule has 5 saturated carbocycles. The molecule has 2 bridgehead atoms. The van der Waals surface area contributed by atoms with Gasteiger partial charge in [0, 0.05) is 29.4 Å². The number of fused-ring (bicyclic) bond motifs is 4. The van der Waals surface area contributed by atoms with E-state index in [2.05, 4.69) is 10.5 Å². The quantitative estimate of drug-likeness (QED) is 0.537. The van der Waals surface area contributed by atoms with E-state index in [1.807, 2.05) is 0 Å². The molecule has 5 aliphatic carbocycles. The van der Waals surface area contributed by atoms with Gasteiger partial charge in [0.1, 0.15) is 0 Å². The summed E-state index contributed by atoms with van der Waals surface area (Å²) in [5.41, 5.74) is 9.69. The van der Waals surface area contributed by atoms with Gasteiger partial charge < -0.3 is 15.2 Å². The molecule has 0 aromatic carbocycles. The molecule has 6 rings (SSSR count). The molecule has 6 aliphatic rings. The summed E-state index contributed by atoms with van der Waals surface area (Å²) in [6.07, 6.45) is 1.36. The highest BCUT2D eigenvalue weighted by atomic mass is 32.1. The van der Waals surface area contributed by atoms with Crippen LogP contribution in [-0.4, -0.2) is 29.8 Å². The molecule has 0 aromatic heterocycles. The van der Waals surface area contributed by atoms with Gasteiger partial charge in [-0.05, 0) is 42.3 Å². The lowest BCUT2D eigenvalue weighted by atomic mass is 9.58. The maximum atomic E-state index is 6.19. The minimum Gasteiger partial charge on any atom is -0.375 e. The average Bonchev–Trinajstić information content (AvgIpc) is 3.04. The lowest BCUT2D eigenvalue weighted by Gasteiger charge is -2.51. The van der Waals surface area contributed by atoms with Gasteiger partial charge in [-0.15, -0.1) is 0 Å². The number of hydrogen-bond acceptors (Lipinski definition) is 4. The largest absolute Gasteiger partial charge is 0.375 e. The molecular formula is C14H17N3O2S. The van der Waals surface area contributed by atoms with Crippen LogP contribution in [0.2, 0.25) is 0 Å². The van der Waals surface area contributed by atoms with Crippen LogP contribution in [0.5, 0.6) is 0 Å². The Morgan fingerprint density at radius 2 is 2.00 bits per heavy atom. The highest BCUT2D eigenvalue weighted by Crippen LogP contribution is 2.85.